The Labute approximate surface area is 117 Å². The number of hydrogen-bond donors (Lipinski definition) is 1. The quantitative estimate of drug-likeness (QED) is 0.848. The number of rotatable bonds is 2. The van der Waals surface area contributed by atoms with Gasteiger partial charge in [0.05, 0.1) is 11.8 Å². The van der Waals surface area contributed by atoms with E-state index in [1.54, 1.807) is 0 Å². The zero-order chi connectivity index (χ0) is 13.9. The van der Waals surface area contributed by atoms with Crippen molar-refractivity contribution in [3.05, 3.63) is 71.8 Å². The summed E-state index contributed by atoms with van der Waals surface area (Å²) in [6.07, 6.45) is 0.526. The van der Waals surface area contributed by atoms with Crippen LogP contribution in [0.25, 0.3) is 0 Å². The van der Waals surface area contributed by atoms with Gasteiger partial charge in [-0.1, -0.05) is 60.7 Å². The fraction of sp³-hybridized carbons (Fsp3) is 0.176. The highest BCUT2D eigenvalue weighted by atomic mass is 16.2. The molecular formula is C17H15NO2. The van der Waals surface area contributed by atoms with Crippen LogP contribution in [-0.2, 0) is 9.59 Å². The van der Waals surface area contributed by atoms with Gasteiger partial charge in [0.2, 0.25) is 11.8 Å². The predicted molar refractivity (Wildman–Crippen MR) is 76.1 cm³/mol. The van der Waals surface area contributed by atoms with Gasteiger partial charge in [-0.05, 0) is 17.5 Å². The summed E-state index contributed by atoms with van der Waals surface area (Å²) in [5, 5.41) is 2.50. The Morgan fingerprint density at radius 1 is 0.700 bits per heavy atom. The van der Waals surface area contributed by atoms with Crippen LogP contribution in [-0.4, -0.2) is 11.8 Å². The zero-order valence-corrected chi connectivity index (χ0v) is 11.0. The minimum atomic E-state index is -0.265. The lowest BCUT2D eigenvalue weighted by atomic mass is 9.81. The van der Waals surface area contributed by atoms with Crippen LogP contribution in [0.4, 0.5) is 0 Å². The molecular weight excluding hydrogens is 250 g/mol. The lowest BCUT2D eigenvalue weighted by Crippen LogP contribution is -2.44. The third-order valence-electron chi connectivity index (χ3n) is 3.75. The number of amides is 2. The number of hydrogen-bond acceptors (Lipinski definition) is 2. The van der Waals surface area contributed by atoms with Crippen LogP contribution < -0.4 is 5.32 Å². The Balaban J connectivity index is 1.91. The summed E-state index contributed by atoms with van der Waals surface area (Å²) in [5.41, 5.74) is 1.91. The number of imide groups is 1. The first-order valence-corrected chi connectivity index (χ1v) is 6.70. The van der Waals surface area contributed by atoms with Gasteiger partial charge >= 0.3 is 0 Å². The number of carbonyl (C=O) groups is 2. The van der Waals surface area contributed by atoms with Crippen molar-refractivity contribution in [2.75, 3.05) is 0 Å². The predicted octanol–water partition coefficient (Wildman–Crippen LogP) is 2.60. The summed E-state index contributed by atoms with van der Waals surface area (Å²) in [6.45, 7) is 0. The highest BCUT2D eigenvalue weighted by molar-refractivity contribution is 6.04. The molecule has 20 heavy (non-hydrogen) atoms. The summed E-state index contributed by atoms with van der Waals surface area (Å²) >= 11 is 0. The molecule has 1 aliphatic rings. The van der Waals surface area contributed by atoms with Crippen molar-refractivity contribution in [3.8, 4) is 0 Å². The molecule has 100 valence electrons. The normalized spacial score (nSPS) is 22.4. The topological polar surface area (TPSA) is 46.2 Å². The molecule has 2 aromatic rings. The minimum absolute atomic E-state index is 0.201. The second kappa shape index (κ2) is 5.29. The lowest BCUT2D eigenvalue weighted by Gasteiger charge is -2.28. The molecule has 0 bridgehead atoms. The van der Waals surface area contributed by atoms with Crippen LogP contribution in [0.1, 0.15) is 29.4 Å². The molecule has 2 atom stereocenters. The van der Waals surface area contributed by atoms with Crippen LogP contribution in [0, 0.1) is 0 Å². The van der Waals surface area contributed by atoms with Crippen LogP contribution in [0.15, 0.2) is 60.7 Å². The highest BCUT2D eigenvalue weighted by Gasteiger charge is 2.35. The Kier molecular flexibility index (Phi) is 3.33. The molecule has 3 rings (SSSR count). The van der Waals surface area contributed by atoms with Crippen LogP contribution in [0.5, 0.6) is 0 Å². The fourth-order valence-corrected chi connectivity index (χ4v) is 2.69. The van der Waals surface area contributed by atoms with Gasteiger partial charge in [0.15, 0.2) is 0 Å². The second-order valence-electron chi connectivity index (χ2n) is 5.02. The summed E-state index contributed by atoms with van der Waals surface area (Å²) in [6, 6.07) is 19.2. The molecule has 0 aliphatic carbocycles. The molecule has 1 fully saturated rings. The maximum absolute atomic E-state index is 12.1. The summed E-state index contributed by atoms with van der Waals surface area (Å²) in [4.78, 5) is 24.1. The standard InChI is InChI=1S/C17H15NO2/c19-16-14(12-7-3-1-4-8-12)11-15(17(20)18-16)13-9-5-2-6-10-13/h1-10,14-15H,11H2,(H,18,19,20). The van der Waals surface area contributed by atoms with E-state index in [0.29, 0.717) is 6.42 Å². The Morgan fingerprint density at radius 3 is 1.50 bits per heavy atom. The first kappa shape index (κ1) is 12.6. The van der Waals surface area contributed by atoms with Crippen molar-refractivity contribution in [1.82, 2.24) is 5.32 Å². The van der Waals surface area contributed by atoms with E-state index in [-0.39, 0.29) is 23.7 Å². The van der Waals surface area contributed by atoms with Gasteiger partial charge in [0, 0.05) is 0 Å². The van der Waals surface area contributed by atoms with Crippen LogP contribution in [0.2, 0.25) is 0 Å². The van der Waals surface area contributed by atoms with E-state index in [4.69, 9.17) is 0 Å². The van der Waals surface area contributed by atoms with Crippen LogP contribution >= 0.6 is 0 Å². The molecule has 1 heterocycles. The number of piperidine rings is 1. The van der Waals surface area contributed by atoms with E-state index in [1.165, 1.54) is 0 Å². The number of benzene rings is 2. The summed E-state index contributed by atoms with van der Waals surface area (Å²) < 4.78 is 0. The van der Waals surface area contributed by atoms with Gasteiger partial charge < -0.3 is 0 Å². The average Bonchev–Trinajstić information content (AvgIpc) is 2.49. The molecule has 1 aliphatic heterocycles. The maximum Gasteiger partial charge on any atom is 0.234 e. The van der Waals surface area contributed by atoms with Gasteiger partial charge in [-0.15, -0.1) is 0 Å². The van der Waals surface area contributed by atoms with E-state index in [1.807, 2.05) is 60.7 Å². The van der Waals surface area contributed by atoms with Crippen molar-refractivity contribution in [1.29, 1.82) is 0 Å². The molecule has 0 aromatic heterocycles. The molecule has 0 radical (unpaired) electrons. The summed E-state index contributed by atoms with van der Waals surface area (Å²) in [7, 11) is 0. The van der Waals surface area contributed by atoms with Gasteiger partial charge in [0.1, 0.15) is 0 Å². The molecule has 3 heteroatoms. The van der Waals surface area contributed by atoms with Crippen LogP contribution in [0.3, 0.4) is 0 Å². The molecule has 2 amide bonds. The van der Waals surface area contributed by atoms with E-state index in [0.717, 1.165) is 11.1 Å². The molecule has 0 saturated carbocycles. The monoisotopic (exact) mass is 265 g/mol. The molecule has 2 aromatic carbocycles. The van der Waals surface area contributed by atoms with Crippen molar-refractivity contribution < 1.29 is 9.59 Å². The van der Waals surface area contributed by atoms with Gasteiger partial charge in [-0.3, -0.25) is 14.9 Å². The minimum Gasteiger partial charge on any atom is -0.295 e. The highest BCUT2D eigenvalue weighted by Crippen LogP contribution is 2.33. The molecule has 0 spiro atoms. The van der Waals surface area contributed by atoms with E-state index >= 15 is 0 Å². The largest absolute Gasteiger partial charge is 0.295 e. The van der Waals surface area contributed by atoms with E-state index < -0.39 is 0 Å². The number of carbonyl (C=O) groups excluding carboxylic acids is 2. The molecule has 2 unspecified atom stereocenters. The lowest BCUT2D eigenvalue weighted by molar-refractivity contribution is -0.135. The van der Waals surface area contributed by atoms with Crippen molar-refractivity contribution in [2.24, 2.45) is 0 Å². The van der Waals surface area contributed by atoms with Gasteiger partial charge in [-0.25, -0.2) is 0 Å². The number of nitrogens with one attached hydrogen (secondary N) is 1. The Bertz CT molecular complexity index is 566. The smallest absolute Gasteiger partial charge is 0.234 e. The Hall–Kier alpha value is -2.42. The average molecular weight is 265 g/mol. The zero-order valence-electron chi connectivity index (χ0n) is 11.0. The van der Waals surface area contributed by atoms with Gasteiger partial charge in [-0.2, -0.15) is 0 Å². The van der Waals surface area contributed by atoms with E-state index in [2.05, 4.69) is 5.32 Å². The molecule has 3 nitrogen and oxygen atoms in total. The fourth-order valence-electron chi connectivity index (χ4n) is 2.69. The van der Waals surface area contributed by atoms with Crippen molar-refractivity contribution in [3.63, 3.8) is 0 Å². The molecule has 1 saturated heterocycles. The molecule has 1 N–H and O–H groups in total. The maximum atomic E-state index is 12.1. The third kappa shape index (κ3) is 2.35. The summed E-state index contributed by atoms with van der Waals surface area (Å²) in [5.74, 6) is -0.931. The first-order valence-electron chi connectivity index (χ1n) is 6.70. The van der Waals surface area contributed by atoms with E-state index in [9.17, 15) is 9.59 Å². The van der Waals surface area contributed by atoms with Gasteiger partial charge in [0.25, 0.3) is 0 Å². The Morgan fingerprint density at radius 2 is 1.10 bits per heavy atom. The third-order valence-corrected chi connectivity index (χ3v) is 3.75. The van der Waals surface area contributed by atoms with Crippen molar-refractivity contribution in [2.45, 2.75) is 18.3 Å². The SMILES string of the molecule is O=C1NC(=O)C(c2ccccc2)CC1c1ccccc1. The van der Waals surface area contributed by atoms with Crippen molar-refractivity contribution >= 4 is 11.8 Å². The second-order valence-corrected chi connectivity index (χ2v) is 5.02. The first-order chi connectivity index (χ1) is 9.75.